The molecule has 1 unspecified atom stereocenters. The van der Waals surface area contributed by atoms with Crippen LogP contribution < -0.4 is 15.6 Å². The molecular formula is C23H29N3O4. The highest BCUT2D eigenvalue weighted by atomic mass is 16.5. The number of amides is 1. The van der Waals surface area contributed by atoms with Crippen molar-refractivity contribution in [1.82, 2.24) is 15.2 Å². The zero-order valence-corrected chi connectivity index (χ0v) is 18.2. The van der Waals surface area contributed by atoms with E-state index in [1.165, 1.54) is 6.07 Å². The summed E-state index contributed by atoms with van der Waals surface area (Å²) in [5, 5.41) is 2.84. The molecule has 7 nitrogen and oxygen atoms in total. The number of rotatable bonds is 6. The third-order valence-corrected chi connectivity index (χ3v) is 5.52. The van der Waals surface area contributed by atoms with Crippen LogP contribution in [0.15, 0.2) is 35.1 Å². The van der Waals surface area contributed by atoms with Gasteiger partial charge in [0.05, 0.1) is 13.2 Å². The van der Waals surface area contributed by atoms with E-state index in [0.29, 0.717) is 30.6 Å². The van der Waals surface area contributed by atoms with E-state index in [1.807, 2.05) is 57.1 Å². The van der Waals surface area contributed by atoms with Crippen LogP contribution >= 0.6 is 0 Å². The Labute approximate surface area is 176 Å². The smallest absolute Gasteiger partial charge is 0.261 e. The largest absolute Gasteiger partial charge is 0.497 e. The lowest BCUT2D eigenvalue weighted by molar-refractivity contribution is 0.0910. The lowest BCUT2D eigenvalue weighted by atomic mass is 9.75. The average Bonchev–Trinajstić information content (AvgIpc) is 2.66. The molecule has 1 heterocycles. The van der Waals surface area contributed by atoms with Gasteiger partial charge in [-0.05, 0) is 49.7 Å². The number of Topliss-reactive ketones (excluding diaryl/α,β-unsaturated/α-hetero) is 1. The zero-order chi connectivity index (χ0) is 22.1. The number of H-pyrrole nitrogens is 1. The first-order valence-electron chi connectivity index (χ1n) is 9.99. The number of nitrogens with zero attached hydrogens (tertiary/aromatic N) is 1. The summed E-state index contributed by atoms with van der Waals surface area (Å²) in [6.07, 6.45) is 0.995. The van der Waals surface area contributed by atoms with Crippen LogP contribution in [0.4, 0.5) is 0 Å². The number of pyridine rings is 1. The van der Waals surface area contributed by atoms with Gasteiger partial charge in [0.1, 0.15) is 11.3 Å². The van der Waals surface area contributed by atoms with Crippen molar-refractivity contribution < 1.29 is 14.3 Å². The molecule has 2 N–H and O–H groups in total. The molecule has 0 radical (unpaired) electrons. The number of methoxy groups -OCH3 is 1. The minimum Gasteiger partial charge on any atom is -0.497 e. The molecule has 1 aromatic heterocycles. The standard InChI is InChI=1S/C23H29N3O4/c1-23(2)11-18-16(20(27)12-23)10-17(22(29)25-18)21(28)24-13-19(26(3)4)14-7-6-8-15(9-14)30-5/h6-10,19H,11-13H2,1-5H3,(H,24,28)(H,25,29). The topological polar surface area (TPSA) is 91.5 Å². The molecular weight excluding hydrogens is 382 g/mol. The molecule has 1 aliphatic carbocycles. The van der Waals surface area contributed by atoms with E-state index in [2.05, 4.69) is 10.3 Å². The number of benzene rings is 1. The maximum Gasteiger partial charge on any atom is 0.261 e. The Morgan fingerprint density at radius 1 is 1.23 bits per heavy atom. The van der Waals surface area contributed by atoms with Gasteiger partial charge >= 0.3 is 0 Å². The number of hydrogen-bond donors (Lipinski definition) is 2. The predicted molar refractivity (Wildman–Crippen MR) is 115 cm³/mol. The maximum absolute atomic E-state index is 12.8. The molecule has 0 spiro atoms. The van der Waals surface area contributed by atoms with Gasteiger partial charge in [-0.2, -0.15) is 0 Å². The van der Waals surface area contributed by atoms with Gasteiger partial charge in [0.2, 0.25) is 0 Å². The first-order valence-corrected chi connectivity index (χ1v) is 9.99. The maximum atomic E-state index is 12.8. The molecule has 0 saturated heterocycles. The van der Waals surface area contributed by atoms with Crippen LogP contribution in [-0.2, 0) is 6.42 Å². The summed E-state index contributed by atoms with van der Waals surface area (Å²) in [7, 11) is 5.45. The molecule has 0 aliphatic heterocycles. The second kappa shape index (κ2) is 8.44. The minimum absolute atomic E-state index is 0.0371. The van der Waals surface area contributed by atoms with Crippen molar-refractivity contribution in [3.63, 3.8) is 0 Å². The van der Waals surface area contributed by atoms with Crippen LogP contribution in [0.2, 0.25) is 0 Å². The van der Waals surface area contributed by atoms with Crippen molar-refractivity contribution in [2.75, 3.05) is 27.7 Å². The summed E-state index contributed by atoms with van der Waals surface area (Å²) >= 11 is 0. The van der Waals surface area contributed by atoms with E-state index in [9.17, 15) is 14.4 Å². The van der Waals surface area contributed by atoms with Crippen LogP contribution in [0.25, 0.3) is 0 Å². The zero-order valence-electron chi connectivity index (χ0n) is 18.2. The van der Waals surface area contributed by atoms with Crippen LogP contribution in [0, 0.1) is 5.41 Å². The van der Waals surface area contributed by atoms with Gasteiger partial charge in [0, 0.05) is 24.2 Å². The number of carbonyl (C=O) groups is 2. The van der Waals surface area contributed by atoms with Gasteiger partial charge in [-0.3, -0.25) is 14.4 Å². The van der Waals surface area contributed by atoms with Crippen molar-refractivity contribution >= 4 is 11.7 Å². The molecule has 30 heavy (non-hydrogen) atoms. The highest BCUT2D eigenvalue weighted by Crippen LogP contribution is 2.33. The molecule has 0 fully saturated rings. The van der Waals surface area contributed by atoms with Gasteiger partial charge in [-0.25, -0.2) is 0 Å². The van der Waals surface area contributed by atoms with Gasteiger partial charge in [-0.15, -0.1) is 0 Å². The van der Waals surface area contributed by atoms with Crippen LogP contribution in [-0.4, -0.2) is 49.3 Å². The number of ether oxygens (including phenoxy) is 1. The summed E-state index contributed by atoms with van der Waals surface area (Å²) in [5.41, 5.74) is 1.32. The van der Waals surface area contributed by atoms with E-state index in [4.69, 9.17) is 4.74 Å². The fraction of sp³-hybridized carbons (Fsp3) is 0.435. The average molecular weight is 412 g/mol. The number of aromatic nitrogens is 1. The fourth-order valence-electron chi connectivity index (χ4n) is 3.93. The van der Waals surface area contributed by atoms with Crippen molar-refractivity contribution in [2.24, 2.45) is 5.41 Å². The second-order valence-corrected chi connectivity index (χ2v) is 8.81. The van der Waals surface area contributed by atoms with Crippen molar-refractivity contribution in [3.8, 4) is 5.75 Å². The van der Waals surface area contributed by atoms with E-state index in [-0.39, 0.29) is 22.8 Å². The Hall–Kier alpha value is -2.93. The molecule has 7 heteroatoms. The third-order valence-electron chi connectivity index (χ3n) is 5.52. The normalized spacial score (nSPS) is 16.1. The van der Waals surface area contributed by atoms with Crippen molar-refractivity contribution in [1.29, 1.82) is 0 Å². The van der Waals surface area contributed by atoms with E-state index in [1.54, 1.807) is 7.11 Å². The molecule has 160 valence electrons. The van der Waals surface area contributed by atoms with Gasteiger partial charge < -0.3 is 19.9 Å². The third kappa shape index (κ3) is 4.62. The number of fused-ring (bicyclic) bond motifs is 1. The number of ketones is 1. The Balaban J connectivity index is 1.81. The molecule has 0 bridgehead atoms. The summed E-state index contributed by atoms with van der Waals surface area (Å²) in [6, 6.07) is 8.97. The minimum atomic E-state index is -0.494. The molecule has 0 saturated carbocycles. The lowest BCUT2D eigenvalue weighted by Crippen LogP contribution is -2.38. The second-order valence-electron chi connectivity index (χ2n) is 8.81. The Morgan fingerprint density at radius 3 is 2.63 bits per heavy atom. The Bertz CT molecular complexity index is 1020. The Kier molecular flexibility index (Phi) is 6.12. The quantitative estimate of drug-likeness (QED) is 0.762. The Morgan fingerprint density at radius 2 is 1.97 bits per heavy atom. The predicted octanol–water partition coefficient (Wildman–Crippen LogP) is 2.57. The van der Waals surface area contributed by atoms with Gasteiger partial charge in [-0.1, -0.05) is 26.0 Å². The van der Waals surface area contributed by atoms with Crippen molar-refractivity contribution in [2.45, 2.75) is 32.7 Å². The number of aromatic amines is 1. The summed E-state index contributed by atoms with van der Waals surface area (Å²) in [6.45, 7) is 4.29. The summed E-state index contributed by atoms with van der Waals surface area (Å²) < 4.78 is 5.29. The highest BCUT2D eigenvalue weighted by Gasteiger charge is 2.32. The number of carbonyl (C=O) groups excluding carboxylic acids is 2. The summed E-state index contributed by atoms with van der Waals surface area (Å²) in [5.74, 6) is 0.193. The van der Waals surface area contributed by atoms with Gasteiger partial charge in [0.15, 0.2) is 5.78 Å². The monoisotopic (exact) mass is 411 g/mol. The number of nitrogens with one attached hydrogen (secondary N) is 2. The number of hydrogen-bond acceptors (Lipinski definition) is 5. The van der Waals surface area contributed by atoms with Crippen LogP contribution in [0.1, 0.15) is 58.3 Å². The fourth-order valence-corrected chi connectivity index (χ4v) is 3.93. The molecule has 2 aromatic rings. The number of likely N-dealkylation sites (N-methyl/N-ethyl adjacent to an activating group) is 1. The van der Waals surface area contributed by atoms with Crippen molar-refractivity contribution in [3.05, 3.63) is 63.1 Å². The molecule has 1 atom stereocenters. The van der Waals surface area contributed by atoms with Crippen LogP contribution in [0.5, 0.6) is 5.75 Å². The van der Waals surface area contributed by atoms with E-state index < -0.39 is 11.5 Å². The van der Waals surface area contributed by atoms with E-state index in [0.717, 1.165) is 11.3 Å². The first kappa shape index (κ1) is 21.8. The highest BCUT2D eigenvalue weighted by molar-refractivity contribution is 6.02. The first-order chi connectivity index (χ1) is 14.1. The molecule has 1 aromatic carbocycles. The van der Waals surface area contributed by atoms with Gasteiger partial charge in [0.25, 0.3) is 11.5 Å². The van der Waals surface area contributed by atoms with E-state index >= 15 is 0 Å². The van der Waals surface area contributed by atoms with Crippen LogP contribution in [0.3, 0.4) is 0 Å². The SMILES string of the molecule is COc1cccc(C(CNC(=O)c2cc3c([nH]c2=O)CC(C)(C)CC3=O)N(C)C)c1. The lowest BCUT2D eigenvalue weighted by Gasteiger charge is -2.29. The molecule has 3 rings (SSSR count). The molecule has 1 aliphatic rings. The summed E-state index contributed by atoms with van der Waals surface area (Å²) in [4.78, 5) is 42.6. The molecule has 1 amide bonds.